The second kappa shape index (κ2) is 7.68. The fourth-order valence-electron chi connectivity index (χ4n) is 5.46. The first-order chi connectivity index (χ1) is 16.2. The van der Waals surface area contributed by atoms with E-state index in [0.717, 1.165) is 44.2 Å². The van der Waals surface area contributed by atoms with Crippen LogP contribution in [0.15, 0.2) is 36.4 Å². The van der Waals surface area contributed by atoms with Crippen molar-refractivity contribution in [2.75, 3.05) is 44.4 Å². The molecule has 1 aliphatic carbocycles. The van der Waals surface area contributed by atoms with Crippen LogP contribution in [0.4, 0.5) is 10.1 Å². The average molecular weight is 451 g/mol. The van der Waals surface area contributed by atoms with E-state index in [4.69, 9.17) is 18.9 Å². The summed E-state index contributed by atoms with van der Waals surface area (Å²) in [7, 11) is 0. The van der Waals surface area contributed by atoms with Crippen molar-refractivity contribution in [3.8, 4) is 17.1 Å². The molecule has 33 heavy (non-hydrogen) atoms. The highest BCUT2D eigenvalue weighted by Gasteiger charge is 2.56. The monoisotopic (exact) mass is 451 g/mol. The lowest BCUT2D eigenvalue weighted by Gasteiger charge is -2.28. The van der Waals surface area contributed by atoms with Crippen LogP contribution in [0, 0.1) is 17.7 Å². The topological polar surface area (TPSA) is 68.8 Å². The summed E-state index contributed by atoms with van der Waals surface area (Å²) in [5.74, 6) is 1.47. The summed E-state index contributed by atoms with van der Waals surface area (Å²) >= 11 is 0. The maximum Gasteiger partial charge on any atom is 0.193 e. The van der Waals surface area contributed by atoms with Crippen LogP contribution in [0.25, 0.3) is 22.3 Å². The molecule has 5 heterocycles. The smallest absolute Gasteiger partial charge is 0.193 e. The van der Waals surface area contributed by atoms with Crippen LogP contribution in [0.1, 0.15) is 6.42 Å². The van der Waals surface area contributed by atoms with Crippen LogP contribution >= 0.6 is 0 Å². The highest BCUT2D eigenvalue weighted by atomic mass is 19.1. The van der Waals surface area contributed by atoms with E-state index in [1.807, 2.05) is 30.3 Å². The van der Waals surface area contributed by atoms with Gasteiger partial charge in [-0.25, -0.2) is 9.37 Å². The standard InChI is InChI=1S/C25H26FN3O4/c26-18-10-19-20(28-23(18)14-1-3-16(4-2-14)29-5-7-30-8-6-29)11-22(27-19)33-21-13-32-24-17-9-15(17)12-31-25(21)24/h1-4,10-11,15,17,21,24-25,27H,5-9,12-13H2/t15-,17-,21-,24-,25-/m1/s1. The van der Waals surface area contributed by atoms with E-state index < -0.39 is 0 Å². The Hall–Kier alpha value is -2.68. The number of morpholine rings is 1. The largest absolute Gasteiger partial charge is 0.470 e. The van der Waals surface area contributed by atoms with Crippen LogP contribution < -0.4 is 9.64 Å². The van der Waals surface area contributed by atoms with E-state index in [1.165, 1.54) is 12.5 Å². The summed E-state index contributed by atoms with van der Waals surface area (Å²) in [6.07, 6.45) is 1.13. The lowest BCUT2D eigenvalue weighted by molar-refractivity contribution is -0.0711. The lowest BCUT2D eigenvalue weighted by Crippen LogP contribution is -2.41. The number of aromatic nitrogens is 2. The van der Waals surface area contributed by atoms with Crippen LogP contribution in [0.2, 0.25) is 0 Å². The normalized spacial score (nSPS) is 30.8. The molecular weight excluding hydrogens is 425 g/mol. The van der Waals surface area contributed by atoms with E-state index in [-0.39, 0.29) is 24.1 Å². The molecule has 4 fully saturated rings. The number of rotatable bonds is 4. The molecule has 3 aromatic rings. The maximum atomic E-state index is 15.0. The number of aromatic amines is 1. The third-order valence-electron chi connectivity index (χ3n) is 7.37. The van der Waals surface area contributed by atoms with Crippen molar-refractivity contribution in [2.45, 2.75) is 24.7 Å². The van der Waals surface area contributed by atoms with Gasteiger partial charge in [-0.15, -0.1) is 0 Å². The molecule has 172 valence electrons. The Balaban J connectivity index is 1.12. The molecule has 3 saturated heterocycles. The number of nitrogens with one attached hydrogen (secondary N) is 1. The molecule has 1 saturated carbocycles. The number of hydrogen-bond donors (Lipinski definition) is 1. The zero-order chi connectivity index (χ0) is 21.9. The van der Waals surface area contributed by atoms with Gasteiger partial charge in [0.15, 0.2) is 17.8 Å². The molecule has 4 aliphatic rings. The minimum atomic E-state index is -0.366. The minimum absolute atomic E-state index is 0.0367. The summed E-state index contributed by atoms with van der Waals surface area (Å²) in [4.78, 5) is 10.0. The number of benzene rings is 1. The number of H-pyrrole nitrogens is 1. The molecule has 1 N–H and O–H groups in total. The lowest BCUT2D eigenvalue weighted by atomic mass is 10.0. The summed E-state index contributed by atoms with van der Waals surface area (Å²) in [6.45, 7) is 4.49. The molecule has 7 rings (SSSR count). The molecule has 1 aromatic carbocycles. The van der Waals surface area contributed by atoms with Crippen molar-refractivity contribution in [1.82, 2.24) is 9.97 Å². The second-order valence-electron chi connectivity index (χ2n) is 9.44. The SMILES string of the molecule is Fc1cc2[nH]c(O[C@@H]3CO[C@@H]4[C@@H]5C[C@@H]5CO[C@@H]43)cc2nc1-c1ccc(N2CCOCC2)cc1. The van der Waals surface area contributed by atoms with Gasteiger partial charge in [-0.2, -0.15) is 0 Å². The first-order valence-corrected chi connectivity index (χ1v) is 11.8. The Morgan fingerprint density at radius 3 is 2.70 bits per heavy atom. The van der Waals surface area contributed by atoms with Gasteiger partial charge in [0, 0.05) is 36.5 Å². The summed E-state index contributed by atoms with van der Waals surface area (Å²) < 4.78 is 38.5. The highest BCUT2D eigenvalue weighted by molar-refractivity contribution is 5.81. The molecule has 0 bridgehead atoms. The van der Waals surface area contributed by atoms with E-state index in [0.29, 0.717) is 41.1 Å². The van der Waals surface area contributed by atoms with Crippen LogP contribution in [-0.2, 0) is 14.2 Å². The number of anilines is 1. The molecular formula is C25H26FN3O4. The van der Waals surface area contributed by atoms with Gasteiger partial charge in [-0.1, -0.05) is 12.1 Å². The fraction of sp³-hybridized carbons (Fsp3) is 0.480. The van der Waals surface area contributed by atoms with Gasteiger partial charge in [0.05, 0.1) is 43.6 Å². The number of hydrogen-bond acceptors (Lipinski definition) is 6. The van der Waals surface area contributed by atoms with Gasteiger partial charge in [0.25, 0.3) is 0 Å². The summed E-state index contributed by atoms with van der Waals surface area (Å²) in [5, 5.41) is 0. The van der Waals surface area contributed by atoms with E-state index in [2.05, 4.69) is 14.9 Å². The average Bonchev–Trinajstić information content (AvgIpc) is 3.39. The number of pyridine rings is 1. The van der Waals surface area contributed by atoms with Crippen LogP contribution in [0.3, 0.4) is 0 Å². The second-order valence-corrected chi connectivity index (χ2v) is 9.44. The van der Waals surface area contributed by atoms with Crippen molar-refractivity contribution in [2.24, 2.45) is 11.8 Å². The van der Waals surface area contributed by atoms with Gasteiger partial charge in [0.2, 0.25) is 0 Å². The quantitative estimate of drug-likeness (QED) is 0.656. The number of fused-ring (bicyclic) bond motifs is 4. The van der Waals surface area contributed by atoms with Gasteiger partial charge >= 0.3 is 0 Å². The molecule has 3 aliphatic heterocycles. The van der Waals surface area contributed by atoms with E-state index in [1.54, 1.807) is 0 Å². The zero-order valence-electron chi connectivity index (χ0n) is 18.2. The molecule has 5 atom stereocenters. The third-order valence-corrected chi connectivity index (χ3v) is 7.37. The number of ether oxygens (including phenoxy) is 4. The maximum absolute atomic E-state index is 15.0. The molecule has 0 radical (unpaired) electrons. The predicted molar refractivity (Wildman–Crippen MR) is 120 cm³/mol. The molecule has 0 spiro atoms. The van der Waals surface area contributed by atoms with Gasteiger partial charge in [0.1, 0.15) is 11.8 Å². The van der Waals surface area contributed by atoms with Crippen molar-refractivity contribution >= 4 is 16.7 Å². The zero-order valence-corrected chi connectivity index (χ0v) is 18.2. The first-order valence-electron chi connectivity index (χ1n) is 11.8. The van der Waals surface area contributed by atoms with Gasteiger partial charge in [-0.05, 0) is 30.4 Å². The first kappa shape index (κ1) is 19.8. The summed E-state index contributed by atoms with van der Waals surface area (Å²) in [6, 6.07) is 11.2. The highest BCUT2D eigenvalue weighted by Crippen LogP contribution is 2.50. The Morgan fingerprint density at radius 1 is 1.03 bits per heavy atom. The molecule has 0 unspecified atom stereocenters. The van der Waals surface area contributed by atoms with Gasteiger partial charge < -0.3 is 28.8 Å². The molecule has 8 heteroatoms. The fourth-order valence-corrected chi connectivity index (χ4v) is 5.46. The van der Waals surface area contributed by atoms with Crippen LogP contribution in [0.5, 0.6) is 5.88 Å². The van der Waals surface area contributed by atoms with Crippen molar-refractivity contribution in [1.29, 1.82) is 0 Å². The van der Waals surface area contributed by atoms with Gasteiger partial charge in [-0.3, -0.25) is 0 Å². The third kappa shape index (κ3) is 3.48. The number of halogens is 1. The predicted octanol–water partition coefficient (Wildman–Crippen LogP) is 3.39. The van der Waals surface area contributed by atoms with Crippen LogP contribution in [-0.4, -0.2) is 67.8 Å². The minimum Gasteiger partial charge on any atom is -0.470 e. The molecule has 7 nitrogen and oxygen atoms in total. The molecule has 2 aromatic heterocycles. The van der Waals surface area contributed by atoms with E-state index in [9.17, 15) is 4.39 Å². The van der Waals surface area contributed by atoms with Crippen molar-refractivity contribution in [3.05, 3.63) is 42.2 Å². The Labute approximate surface area is 190 Å². The van der Waals surface area contributed by atoms with Crippen molar-refractivity contribution in [3.63, 3.8) is 0 Å². The number of nitrogens with zero attached hydrogens (tertiary/aromatic N) is 2. The Morgan fingerprint density at radius 2 is 1.85 bits per heavy atom. The summed E-state index contributed by atoms with van der Waals surface area (Å²) in [5.41, 5.74) is 3.47. The Bertz CT molecular complexity index is 1180. The van der Waals surface area contributed by atoms with Crippen molar-refractivity contribution < 1.29 is 23.3 Å². The van der Waals surface area contributed by atoms with E-state index >= 15 is 0 Å². The molecule has 0 amide bonds. The Kier molecular flexibility index (Phi) is 4.60.